The number of carbonyl (C=O) groups excluding carboxylic acids is 2. The summed E-state index contributed by atoms with van der Waals surface area (Å²) in [6, 6.07) is 6.86. The Morgan fingerprint density at radius 1 is 1.40 bits per heavy atom. The molecule has 104 valence electrons. The highest BCUT2D eigenvalue weighted by atomic mass is 32.2. The Balaban J connectivity index is 1.96. The standard InChI is InChI=1S/C12H13N5O2S/c1-7(18)8-4-2-3-5-9(8)14-10(19)6-20-12-15-11(13)16-17-12/h2-5H,6H2,1H3,(H,14,19)(H3,13,15,16,17). The number of ketones is 1. The van der Waals surface area contributed by atoms with Gasteiger partial charge >= 0.3 is 0 Å². The van der Waals surface area contributed by atoms with Crippen molar-refractivity contribution >= 4 is 35.1 Å². The lowest BCUT2D eigenvalue weighted by atomic mass is 10.1. The number of nitrogens with zero attached hydrogens (tertiary/aromatic N) is 2. The molecule has 0 spiro atoms. The molecule has 2 rings (SSSR count). The zero-order valence-corrected chi connectivity index (χ0v) is 11.5. The third kappa shape index (κ3) is 3.58. The number of hydrogen-bond acceptors (Lipinski definition) is 6. The van der Waals surface area contributed by atoms with Crippen molar-refractivity contribution in [1.29, 1.82) is 0 Å². The van der Waals surface area contributed by atoms with Crippen LogP contribution in [0.1, 0.15) is 17.3 Å². The summed E-state index contributed by atoms with van der Waals surface area (Å²) >= 11 is 1.15. The van der Waals surface area contributed by atoms with Crippen LogP contribution in [0.3, 0.4) is 0 Å². The number of carbonyl (C=O) groups is 2. The molecule has 0 saturated carbocycles. The fraction of sp³-hybridized carbons (Fsp3) is 0.167. The molecule has 0 bridgehead atoms. The molecule has 0 saturated heterocycles. The van der Waals surface area contributed by atoms with Crippen molar-refractivity contribution in [2.45, 2.75) is 12.1 Å². The molecule has 1 aromatic carbocycles. The summed E-state index contributed by atoms with van der Waals surface area (Å²) in [5, 5.41) is 9.39. The third-order valence-corrected chi connectivity index (χ3v) is 3.24. The number of thioether (sulfide) groups is 1. The number of nitrogens with two attached hydrogens (primary N) is 1. The molecule has 1 heterocycles. The number of hydrogen-bond donors (Lipinski definition) is 3. The Morgan fingerprint density at radius 2 is 2.15 bits per heavy atom. The monoisotopic (exact) mass is 291 g/mol. The average molecular weight is 291 g/mol. The van der Waals surface area contributed by atoms with Crippen molar-refractivity contribution in [3.8, 4) is 0 Å². The number of benzene rings is 1. The van der Waals surface area contributed by atoms with Gasteiger partial charge in [0, 0.05) is 5.56 Å². The van der Waals surface area contributed by atoms with Gasteiger partial charge in [-0.25, -0.2) is 5.10 Å². The van der Waals surface area contributed by atoms with E-state index in [1.165, 1.54) is 6.92 Å². The molecular formula is C12H13N5O2S. The first-order chi connectivity index (χ1) is 9.56. The molecule has 8 heteroatoms. The van der Waals surface area contributed by atoms with E-state index in [0.717, 1.165) is 11.8 Å². The van der Waals surface area contributed by atoms with Crippen molar-refractivity contribution in [2.75, 3.05) is 16.8 Å². The fourth-order valence-electron chi connectivity index (χ4n) is 1.54. The zero-order valence-electron chi connectivity index (χ0n) is 10.7. The minimum absolute atomic E-state index is 0.102. The number of rotatable bonds is 5. The van der Waals surface area contributed by atoms with Gasteiger partial charge in [-0.15, -0.1) is 5.10 Å². The number of aromatic nitrogens is 3. The number of aromatic amines is 1. The van der Waals surface area contributed by atoms with Gasteiger partial charge in [0.05, 0.1) is 11.4 Å². The largest absolute Gasteiger partial charge is 0.368 e. The van der Waals surface area contributed by atoms with E-state index < -0.39 is 0 Å². The Hall–Kier alpha value is -2.35. The number of nitrogens with one attached hydrogen (secondary N) is 2. The van der Waals surface area contributed by atoms with Crippen LogP contribution < -0.4 is 11.1 Å². The predicted octanol–water partition coefficient (Wildman–Crippen LogP) is 1.32. The maximum atomic E-state index is 11.8. The second-order valence-electron chi connectivity index (χ2n) is 3.94. The summed E-state index contributed by atoms with van der Waals surface area (Å²) in [5.41, 5.74) is 6.36. The lowest BCUT2D eigenvalue weighted by Gasteiger charge is -2.08. The third-order valence-electron chi connectivity index (χ3n) is 2.40. The van der Waals surface area contributed by atoms with Crippen LogP contribution in [0.25, 0.3) is 0 Å². The number of para-hydroxylation sites is 1. The highest BCUT2D eigenvalue weighted by Gasteiger charge is 2.11. The summed E-state index contributed by atoms with van der Waals surface area (Å²) < 4.78 is 0. The molecule has 0 radical (unpaired) electrons. The molecule has 2 aromatic rings. The van der Waals surface area contributed by atoms with Crippen molar-refractivity contribution in [1.82, 2.24) is 15.2 Å². The van der Waals surface area contributed by atoms with Gasteiger partial charge in [-0.2, -0.15) is 4.98 Å². The van der Waals surface area contributed by atoms with Crippen molar-refractivity contribution in [2.24, 2.45) is 0 Å². The van der Waals surface area contributed by atoms with Crippen LogP contribution in [0.5, 0.6) is 0 Å². The van der Waals surface area contributed by atoms with Gasteiger partial charge in [-0.05, 0) is 19.1 Å². The molecule has 20 heavy (non-hydrogen) atoms. The molecule has 1 amide bonds. The Labute approximate surface area is 119 Å². The second kappa shape index (κ2) is 6.20. The smallest absolute Gasteiger partial charge is 0.234 e. The number of Topliss-reactive ketones (excluding diaryl/α,β-unsaturated/α-hetero) is 1. The quantitative estimate of drug-likeness (QED) is 0.565. The molecule has 0 fully saturated rings. The molecule has 0 atom stereocenters. The summed E-state index contributed by atoms with van der Waals surface area (Å²) in [6.45, 7) is 1.45. The van der Waals surface area contributed by atoms with E-state index in [1.54, 1.807) is 24.3 Å². The van der Waals surface area contributed by atoms with Crippen LogP contribution in [-0.4, -0.2) is 32.6 Å². The molecule has 7 nitrogen and oxygen atoms in total. The lowest BCUT2D eigenvalue weighted by Crippen LogP contribution is -2.16. The first kappa shape index (κ1) is 14.1. The van der Waals surface area contributed by atoms with Gasteiger partial charge < -0.3 is 11.1 Å². The van der Waals surface area contributed by atoms with Gasteiger partial charge in [-0.3, -0.25) is 9.59 Å². The van der Waals surface area contributed by atoms with E-state index in [-0.39, 0.29) is 23.4 Å². The number of amides is 1. The van der Waals surface area contributed by atoms with Crippen molar-refractivity contribution in [3.63, 3.8) is 0 Å². The maximum absolute atomic E-state index is 11.8. The van der Waals surface area contributed by atoms with E-state index >= 15 is 0 Å². The van der Waals surface area contributed by atoms with Crippen LogP contribution in [-0.2, 0) is 4.79 Å². The fourth-order valence-corrected chi connectivity index (χ4v) is 2.14. The van der Waals surface area contributed by atoms with Crippen molar-refractivity contribution in [3.05, 3.63) is 29.8 Å². The van der Waals surface area contributed by atoms with Crippen LogP contribution in [0.2, 0.25) is 0 Å². The highest BCUT2D eigenvalue weighted by molar-refractivity contribution is 7.99. The zero-order chi connectivity index (χ0) is 14.5. The van der Waals surface area contributed by atoms with Gasteiger partial charge in [0.2, 0.25) is 17.0 Å². The topological polar surface area (TPSA) is 114 Å². The van der Waals surface area contributed by atoms with E-state index in [1.807, 2.05) is 0 Å². The van der Waals surface area contributed by atoms with E-state index in [9.17, 15) is 9.59 Å². The van der Waals surface area contributed by atoms with Gasteiger partial charge in [-0.1, -0.05) is 23.9 Å². The Kier molecular flexibility index (Phi) is 4.36. The lowest BCUT2D eigenvalue weighted by molar-refractivity contribution is -0.113. The molecule has 4 N–H and O–H groups in total. The summed E-state index contributed by atoms with van der Waals surface area (Å²) in [5.74, 6) is -0.0130. The first-order valence-electron chi connectivity index (χ1n) is 5.77. The molecular weight excluding hydrogens is 278 g/mol. The summed E-state index contributed by atoms with van der Waals surface area (Å²) in [7, 11) is 0. The number of nitrogen functional groups attached to an aromatic ring is 1. The Morgan fingerprint density at radius 3 is 2.80 bits per heavy atom. The van der Waals surface area contributed by atoms with Gasteiger partial charge in [0.25, 0.3) is 0 Å². The van der Waals surface area contributed by atoms with Crippen LogP contribution >= 0.6 is 11.8 Å². The predicted molar refractivity (Wildman–Crippen MR) is 76.6 cm³/mol. The molecule has 0 aliphatic carbocycles. The Bertz CT molecular complexity index is 640. The first-order valence-corrected chi connectivity index (χ1v) is 6.75. The van der Waals surface area contributed by atoms with Crippen molar-refractivity contribution < 1.29 is 9.59 Å². The molecule has 0 aliphatic heterocycles. The van der Waals surface area contributed by atoms with E-state index in [0.29, 0.717) is 16.4 Å². The van der Waals surface area contributed by atoms with Gasteiger partial charge in [0.15, 0.2) is 5.78 Å². The minimum atomic E-state index is -0.243. The molecule has 0 aliphatic rings. The number of H-pyrrole nitrogens is 1. The normalized spacial score (nSPS) is 10.2. The summed E-state index contributed by atoms with van der Waals surface area (Å²) in [6.07, 6.45) is 0. The molecule has 0 unspecified atom stereocenters. The summed E-state index contributed by atoms with van der Waals surface area (Å²) in [4.78, 5) is 27.1. The average Bonchev–Trinajstić information content (AvgIpc) is 2.83. The maximum Gasteiger partial charge on any atom is 0.234 e. The van der Waals surface area contributed by atoms with Crippen LogP contribution in [0.15, 0.2) is 29.4 Å². The van der Waals surface area contributed by atoms with Gasteiger partial charge in [0.1, 0.15) is 0 Å². The van der Waals surface area contributed by atoms with Crippen LogP contribution in [0.4, 0.5) is 11.6 Å². The highest BCUT2D eigenvalue weighted by Crippen LogP contribution is 2.17. The minimum Gasteiger partial charge on any atom is -0.368 e. The van der Waals surface area contributed by atoms with E-state index in [2.05, 4.69) is 20.5 Å². The second-order valence-corrected chi connectivity index (χ2v) is 4.88. The van der Waals surface area contributed by atoms with Crippen LogP contribution in [0, 0.1) is 0 Å². The van der Waals surface area contributed by atoms with E-state index in [4.69, 9.17) is 5.73 Å². The number of anilines is 2. The molecule has 1 aromatic heterocycles. The SMILES string of the molecule is CC(=O)c1ccccc1NC(=O)CSc1n[nH]c(N)n1.